The van der Waals surface area contributed by atoms with Gasteiger partial charge in [0.25, 0.3) is 0 Å². The van der Waals surface area contributed by atoms with E-state index in [-0.39, 0.29) is 5.91 Å². The van der Waals surface area contributed by atoms with Crippen LogP contribution in [-0.2, 0) is 4.79 Å². The molecule has 0 saturated carbocycles. The fraction of sp³-hybridized carbons (Fsp3) is 0.429. The highest BCUT2D eigenvalue weighted by Crippen LogP contribution is 1.93. The fourth-order valence-corrected chi connectivity index (χ4v) is 0.741. The third kappa shape index (κ3) is 3.40. The van der Waals surface area contributed by atoms with Gasteiger partial charge in [-0.3, -0.25) is 4.79 Å². The van der Waals surface area contributed by atoms with Crippen LogP contribution in [0.3, 0.4) is 0 Å². The Morgan fingerprint density at radius 2 is 2.55 bits per heavy atom. The molecule has 1 aromatic heterocycles. The Hall–Kier alpha value is -1.32. The molecule has 0 bridgehead atoms. The number of aromatic nitrogens is 1. The summed E-state index contributed by atoms with van der Waals surface area (Å²) in [5, 5.41) is 2.68. The topological polar surface area (TPSA) is 55.1 Å². The summed E-state index contributed by atoms with van der Waals surface area (Å²) in [4.78, 5) is 13.7. The van der Waals surface area contributed by atoms with Gasteiger partial charge in [-0.25, -0.2) is 4.98 Å². The van der Waals surface area contributed by atoms with Crippen LogP contribution >= 0.6 is 0 Å². The van der Waals surface area contributed by atoms with E-state index in [0.717, 1.165) is 19.4 Å². The number of nitrogens with zero attached hydrogens (tertiary/aromatic N) is 1. The summed E-state index contributed by atoms with van der Waals surface area (Å²) in [6.07, 6.45) is 6.23. The highest BCUT2D eigenvalue weighted by atomic mass is 16.3. The van der Waals surface area contributed by atoms with E-state index in [1.807, 2.05) is 0 Å². The van der Waals surface area contributed by atoms with Gasteiger partial charge in [-0.15, -0.1) is 0 Å². The van der Waals surface area contributed by atoms with Crippen LogP contribution in [0.25, 0.3) is 0 Å². The van der Waals surface area contributed by atoms with Crippen molar-refractivity contribution in [2.75, 3.05) is 6.54 Å². The third-order valence-electron chi connectivity index (χ3n) is 1.25. The van der Waals surface area contributed by atoms with Gasteiger partial charge in [0.05, 0.1) is 6.20 Å². The molecule has 1 aliphatic heterocycles. The Morgan fingerprint density at radius 1 is 1.64 bits per heavy atom. The van der Waals surface area contributed by atoms with Crippen molar-refractivity contribution < 1.29 is 9.21 Å². The average molecular weight is 154 g/mol. The standard InChI is InChI=1S/C4H7NO.C3H3NO/c6-4-2-1-3-5-4;1-2-5-3-4-1/h1-3H2,(H,5,6);1-3H. The normalized spacial score (nSPS) is 15.1. The van der Waals surface area contributed by atoms with Crippen LogP contribution in [0, 0.1) is 0 Å². The number of rotatable bonds is 0. The molecule has 4 heteroatoms. The Bertz CT molecular complexity index is 171. The molecular formula is C7H10N2O2. The first-order chi connectivity index (χ1) is 5.39. The molecule has 0 aromatic carbocycles. The number of oxazole rings is 1. The number of hydrogen-bond donors (Lipinski definition) is 1. The van der Waals surface area contributed by atoms with E-state index < -0.39 is 0 Å². The van der Waals surface area contributed by atoms with Crippen LogP contribution in [0.2, 0.25) is 0 Å². The molecule has 0 radical (unpaired) electrons. The lowest BCUT2D eigenvalue weighted by molar-refractivity contribution is -0.119. The molecule has 11 heavy (non-hydrogen) atoms. The van der Waals surface area contributed by atoms with E-state index in [4.69, 9.17) is 0 Å². The molecule has 2 heterocycles. The number of hydrogen-bond acceptors (Lipinski definition) is 3. The van der Waals surface area contributed by atoms with Crippen molar-refractivity contribution in [1.29, 1.82) is 0 Å². The lowest BCUT2D eigenvalue weighted by atomic mass is 10.4. The predicted molar refractivity (Wildman–Crippen MR) is 38.7 cm³/mol. The summed E-state index contributed by atoms with van der Waals surface area (Å²) in [6.45, 7) is 0.888. The van der Waals surface area contributed by atoms with E-state index in [2.05, 4.69) is 14.7 Å². The molecule has 0 atom stereocenters. The van der Waals surface area contributed by atoms with Gasteiger partial charge < -0.3 is 9.73 Å². The minimum atomic E-state index is 0.204. The van der Waals surface area contributed by atoms with Crippen molar-refractivity contribution in [1.82, 2.24) is 10.3 Å². The molecular weight excluding hydrogens is 144 g/mol. The second-order valence-corrected chi connectivity index (χ2v) is 2.13. The monoisotopic (exact) mass is 154 g/mol. The second kappa shape index (κ2) is 4.49. The Balaban J connectivity index is 0.000000112. The van der Waals surface area contributed by atoms with Crippen molar-refractivity contribution in [3.63, 3.8) is 0 Å². The quantitative estimate of drug-likeness (QED) is 0.594. The van der Waals surface area contributed by atoms with Gasteiger partial charge in [-0.2, -0.15) is 0 Å². The fourth-order valence-electron chi connectivity index (χ4n) is 0.741. The molecule has 1 amide bonds. The molecule has 0 aliphatic carbocycles. The lowest BCUT2D eigenvalue weighted by Gasteiger charge is -1.80. The summed E-state index contributed by atoms with van der Waals surface area (Å²) in [6, 6.07) is 0. The summed E-state index contributed by atoms with van der Waals surface area (Å²) in [7, 11) is 0. The van der Waals surface area contributed by atoms with E-state index in [1.54, 1.807) is 6.20 Å². The van der Waals surface area contributed by atoms with Gasteiger partial charge in [-0.05, 0) is 6.42 Å². The van der Waals surface area contributed by atoms with Gasteiger partial charge in [0.2, 0.25) is 5.91 Å². The van der Waals surface area contributed by atoms with Crippen LogP contribution < -0.4 is 5.32 Å². The molecule has 1 N–H and O–H groups in total. The van der Waals surface area contributed by atoms with Gasteiger partial charge in [0.1, 0.15) is 6.26 Å². The molecule has 60 valence electrons. The summed E-state index contributed by atoms with van der Waals surface area (Å²) >= 11 is 0. The Kier molecular flexibility index (Phi) is 3.18. The first-order valence-electron chi connectivity index (χ1n) is 3.48. The maximum atomic E-state index is 10.1. The zero-order chi connectivity index (χ0) is 7.94. The molecule has 2 rings (SSSR count). The molecule has 0 unspecified atom stereocenters. The van der Waals surface area contributed by atoms with E-state index in [0.29, 0.717) is 0 Å². The van der Waals surface area contributed by atoms with E-state index >= 15 is 0 Å². The average Bonchev–Trinajstić information content (AvgIpc) is 2.57. The smallest absolute Gasteiger partial charge is 0.220 e. The summed E-state index contributed by atoms with van der Waals surface area (Å²) < 4.78 is 4.47. The largest absolute Gasteiger partial charge is 0.452 e. The first-order valence-corrected chi connectivity index (χ1v) is 3.48. The minimum Gasteiger partial charge on any atom is -0.452 e. The maximum absolute atomic E-state index is 10.1. The Morgan fingerprint density at radius 3 is 2.73 bits per heavy atom. The summed E-state index contributed by atoms with van der Waals surface area (Å²) in [5.74, 6) is 0.204. The van der Waals surface area contributed by atoms with Crippen LogP contribution in [-0.4, -0.2) is 17.4 Å². The first kappa shape index (κ1) is 7.78. The highest BCUT2D eigenvalue weighted by Gasteiger charge is 2.05. The van der Waals surface area contributed by atoms with Crippen LogP contribution in [0.15, 0.2) is 23.3 Å². The van der Waals surface area contributed by atoms with Gasteiger partial charge in [0.15, 0.2) is 6.39 Å². The summed E-state index contributed by atoms with van der Waals surface area (Å²) in [5.41, 5.74) is 0. The van der Waals surface area contributed by atoms with Crippen LogP contribution in [0.5, 0.6) is 0 Å². The van der Waals surface area contributed by atoms with Crippen molar-refractivity contribution in [2.24, 2.45) is 0 Å². The molecule has 0 spiro atoms. The predicted octanol–water partition coefficient (Wildman–Crippen LogP) is 0.571. The zero-order valence-corrected chi connectivity index (χ0v) is 6.12. The van der Waals surface area contributed by atoms with Crippen molar-refractivity contribution in [2.45, 2.75) is 12.8 Å². The lowest BCUT2D eigenvalue weighted by Crippen LogP contribution is -2.12. The van der Waals surface area contributed by atoms with Gasteiger partial charge >= 0.3 is 0 Å². The second-order valence-electron chi connectivity index (χ2n) is 2.13. The Labute approximate surface area is 64.6 Å². The van der Waals surface area contributed by atoms with Gasteiger partial charge in [0, 0.05) is 13.0 Å². The third-order valence-corrected chi connectivity index (χ3v) is 1.25. The molecule has 1 saturated heterocycles. The van der Waals surface area contributed by atoms with Crippen molar-refractivity contribution >= 4 is 5.91 Å². The van der Waals surface area contributed by atoms with Crippen LogP contribution in [0.4, 0.5) is 0 Å². The molecule has 1 fully saturated rings. The molecule has 4 nitrogen and oxygen atoms in total. The van der Waals surface area contributed by atoms with Crippen molar-refractivity contribution in [3.8, 4) is 0 Å². The van der Waals surface area contributed by atoms with Crippen molar-refractivity contribution in [3.05, 3.63) is 18.9 Å². The SMILES string of the molecule is O=C1CCCN1.c1cocn1. The molecule has 1 aromatic rings. The highest BCUT2D eigenvalue weighted by molar-refractivity contribution is 5.77. The maximum Gasteiger partial charge on any atom is 0.220 e. The number of carbonyl (C=O) groups is 1. The van der Waals surface area contributed by atoms with Gasteiger partial charge in [-0.1, -0.05) is 0 Å². The molecule has 1 aliphatic rings. The number of nitrogens with one attached hydrogen (secondary N) is 1. The van der Waals surface area contributed by atoms with E-state index in [1.165, 1.54) is 12.7 Å². The van der Waals surface area contributed by atoms with E-state index in [9.17, 15) is 4.79 Å². The van der Waals surface area contributed by atoms with Crippen LogP contribution in [0.1, 0.15) is 12.8 Å². The number of carbonyl (C=O) groups excluding carboxylic acids is 1. The number of amides is 1. The zero-order valence-electron chi connectivity index (χ0n) is 6.12. The minimum absolute atomic E-state index is 0.204.